The van der Waals surface area contributed by atoms with Crippen LogP contribution in [0.15, 0.2) is 35.1 Å². The van der Waals surface area contributed by atoms with E-state index in [-0.39, 0.29) is 0 Å². The van der Waals surface area contributed by atoms with E-state index in [1.165, 1.54) is 12.4 Å². The first-order valence-corrected chi connectivity index (χ1v) is 7.68. The first kappa shape index (κ1) is 17.4. The Hall–Kier alpha value is -1.96. The summed E-state index contributed by atoms with van der Waals surface area (Å²) in [5, 5.41) is 6.33. The Morgan fingerprint density at radius 3 is 2.87 bits per heavy atom. The van der Waals surface area contributed by atoms with Gasteiger partial charge < -0.3 is 10.1 Å². The minimum absolute atomic E-state index is 0.342. The second kappa shape index (κ2) is 7.54. The lowest BCUT2D eigenvalue weighted by atomic mass is 10.2. The number of hydrogen-bond acceptors (Lipinski definition) is 3. The van der Waals surface area contributed by atoms with E-state index in [0.717, 1.165) is 14.7 Å². The Morgan fingerprint density at radius 1 is 1.48 bits per heavy atom. The number of carbonyl (C=O) groups is 1. The zero-order valence-corrected chi connectivity index (χ0v) is 14.2. The van der Waals surface area contributed by atoms with E-state index in [0.29, 0.717) is 11.4 Å². The van der Waals surface area contributed by atoms with Gasteiger partial charge in [-0.2, -0.15) is 5.10 Å². The molecule has 1 N–H and O–H groups in total. The third-order valence-electron chi connectivity index (χ3n) is 2.99. The number of halogens is 3. The molecule has 124 valence electrons. The molecule has 1 amide bonds. The summed E-state index contributed by atoms with van der Waals surface area (Å²) in [5.74, 6) is 0.153. The molecule has 0 aliphatic carbocycles. The largest absolute Gasteiger partial charge is 0.480 e. The van der Waals surface area contributed by atoms with Crippen LogP contribution in [0.1, 0.15) is 12.5 Å². The molecule has 1 atom stereocenters. The number of ether oxygens (including phenoxy) is 1. The molecule has 0 bridgehead atoms. The Bertz CT molecular complexity index is 691. The molecule has 0 aliphatic rings. The van der Waals surface area contributed by atoms with E-state index < -0.39 is 25.0 Å². The Kier molecular flexibility index (Phi) is 5.70. The fourth-order valence-corrected chi connectivity index (χ4v) is 2.45. The van der Waals surface area contributed by atoms with E-state index >= 15 is 0 Å². The zero-order chi connectivity index (χ0) is 17.0. The quantitative estimate of drug-likeness (QED) is 0.823. The summed E-state index contributed by atoms with van der Waals surface area (Å²) in [5.41, 5.74) is 1.40. The van der Waals surface area contributed by atoms with Crippen LogP contribution < -0.4 is 10.1 Å². The number of nitrogens with zero attached hydrogens (tertiary/aromatic N) is 2. The molecule has 0 fully saturated rings. The van der Waals surface area contributed by atoms with Crippen molar-refractivity contribution in [3.05, 3.63) is 40.6 Å². The second-order valence-electron chi connectivity index (χ2n) is 5.03. The number of nitrogens with one attached hydrogen (secondary N) is 1. The zero-order valence-electron chi connectivity index (χ0n) is 12.6. The highest BCUT2D eigenvalue weighted by molar-refractivity contribution is 9.10. The standard InChI is InChI=1S/C15H16BrF2N3O2/c1-9-3-4-13(12(16)5-9)23-10(2)15(22)20-11-6-19-21(7-11)8-14(17)18/h3-7,10,14H,8H2,1-2H3,(H,20,22). The highest BCUT2D eigenvalue weighted by Gasteiger charge is 2.17. The topological polar surface area (TPSA) is 56.1 Å². The van der Waals surface area contributed by atoms with Crippen molar-refractivity contribution in [3.63, 3.8) is 0 Å². The minimum atomic E-state index is -2.50. The number of aromatic nitrogens is 2. The molecule has 2 rings (SSSR count). The molecule has 5 nitrogen and oxygen atoms in total. The fourth-order valence-electron chi connectivity index (χ4n) is 1.86. The van der Waals surface area contributed by atoms with Crippen molar-refractivity contribution in [2.75, 3.05) is 5.32 Å². The number of hydrogen-bond donors (Lipinski definition) is 1. The molecular formula is C15H16BrF2N3O2. The molecule has 0 aliphatic heterocycles. The van der Waals surface area contributed by atoms with Gasteiger partial charge in [0.25, 0.3) is 12.3 Å². The second-order valence-corrected chi connectivity index (χ2v) is 5.88. The van der Waals surface area contributed by atoms with Gasteiger partial charge in [0.1, 0.15) is 12.3 Å². The predicted molar refractivity (Wildman–Crippen MR) is 85.8 cm³/mol. The minimum Gasteiger partial charge on any atom is -0.480 e. The van der Waals surface area contributed by atoms with Crippen LogP contribution in [0.4, 0.5) is 14.5 Å². The molecule has 0 spiro atoms. The van der Waals surface area contributed by atoms with E-state index in [1.807, 2.05) is 19.1 Å². The number of anilines is 1. The number of alkyl halides is 2. The molecule has 0 saturated carbocycles. The van der Waals surface area contributed by atoms with Crippen LogP contribution in [0, 0.1) is 6.92 Å². The number of aryl methyl sites for hydroxylation is 1. The van der Waals surface area contributed by atoms with E-state index in [1.54, 1.807) is 13.0 Å². The molecule has 1 aromatic heterocycles. The maximum atomic E-state index is 12.3. The lowest BCUT2D eigenvalue weighted by Crippen LogP contribution is -2.30. The van der Waals surface area contributed by atoms with Crippen LogP contribution in [0.5, 0.6) is 5.75 Å². The van der Waals surface area contributed by atoms with Gasteiger partial charge in [-0.3, -0.25) is 9.48 Å². The van der Waals surface area contributed by atoms with Crippen molar-refractivity contribution in [3.8, 4) is 5.75 Å². The molecule has 23 heavy (non-hydrogen) atoms. The third kappa shape index (κ3) is 5.02. The van der Waals surface area contributed by atoms with Crippen molar-refractivity contribution in [2.45, 2.75) is 32.9 Å². The summed E-state index contributed by atoms with van der Waals surface area (Å²) >= 11 is 3.38. The summed E-state index contributed by atoms with van der Waals surface area (Å²) in [4.78, 5) is 12.1. The van der Waals surface area contributed by atoms with Crippen LogP contribution in [0.25, 0.3) is 0 Å². The SMILES string of the molecule is Cc1ccc(OC(C)C(=O)Nc2cnn(CC(F)F)c2)c(Br)c1. The van der Waals surface area contributed by atoms with Crippen LogP contribution >= 0.6 is 15.9 Å². The van der Waals surface area contributed by atoms with Crippen molar-refractivity contribution in [2.24, 2.45) is 0 Å². The van der Waals surface area contributed by atoms with Gasteiger partial charge in [-0.25, -0.2) is 8.78 Å². The van der Waals surface area contributed by atoms with Crippen molar-refractivity contribution < 1.29 is 18.3 Å². The number of amides is 1. The number of benzene rings is 1. The molecule has 8 heteroatoms. The van der Waals surface area contributed by atoms with Crippen LogP contribution in [-0.2, 0) is 11.3 Å². The van der Waals surface area contributed by atoms with Gasteiger partial charge in [0.05, 0.1) is 16.4 Å². The normalized spacial score (nSPS) is 12.3. The lowest BCUT2D eigenvalue weighted by molar-refractivity contribution is -0.122. The van der Waals surface area contributed by atoms with E-state index in [2.05, 4.69) is 26.3 Å². The lowest BCUT2D eigenvalue weighted by Gasteiger charge is -2.15. The first-order valence-electron chi connectivity index (χ1n) is 6.89. The van der Waals surface area contributed by atoms with Crippen molar-refractivity contribution >= 4 is 27.5 Å². The van der Waals surface area contributed by atoms with Gasteiger partial charge in [-0.15, -0.1) is 0 Å². The van der Waals surface area contributed by atoms with Gasteiger partial charge in [0.15, 0.2) is 6.10 Å². The van der Waals surface area contributed by atoms with Gasteiger partial charge in [-0.05, 0) is 47.5 Å². The Morgan fingerprint density at radius 2 is 2.22 bits per heavy atom. The van der Waals surface area contributed by atoms with Gasteiger partial charge in [0.2, 0.25) is 0 Å². The van der Waals surface area contributed by atoms with E-state index in [9.17, 15) is 13.6 Å². The number of carbonyl (C=O) groups excluding carboxylic acids is 1. The predicted octanol–water partition coefficient (Wildman–Crippen LogP) is 3.63. The van der Waals surface area contributed by atoms with Crippen molar-refractivity contribution in [1.82, 2.24) is 9.78 Å². The molecule has 0 radical (unpaired) electrons. The highest BCUT2D eigenvalue weighted by atomic mass is 79.9. The Labute approximate surface area is 140 Å². The van der Waals surface area contributed by atoms with E-state index in [4.69, 9.17) is 4.74 Å². The van der Waals surface area contributed by atoms with Crippen LogP contribution in [-0.4, -0.2) is 28.2 Å². The van der Waals surface area contributed by atoms with Gasteiger partial charge >= 0.3 is 0 Å². The maximum absolute atomic E-state index is 12.3. The summed E-state index contributed by atoms with van der Waals surface area (Å²) in [6, 6.07) is 5.53. The molecule has 2 aromatic rings. The van der Waals surface area contributed by atoms with Crippen LogP contribution in [0.2, 0.25) is 0 Å². The van der Waals surface area contributed by atoms with Gasteiger partial charge in [-0.1, -0.05) is 6.07 Å². The smallest absolute Gasteiger partial charge is 0.265 e. The molecule has 1 heterocycles. The van der Waals surface area contributed by atoms with Crippen LogP contribution in [0.3, 0.4) is 0 Å². The average molecular weight is 388 g/mol. The monoisotopic (exact) mass is 387 g/mol. The summed E-state index contributed by atoms with van der Waals surface area (Å²) in [7, 11) is 0. The molecule has 1 unspecified atom stereocenters. The summed E-state index contributed by atoms with van der Waals surface area (Å²) < 4.78 is 31.9. The summed E-state index contributed by atoms with van der Waals surface area (Å²) in [6.45, 7) is 3.03. The fraction of sp³-hybridized carbons (Fsp3) is 0.333. The summed E-state index contributed by atoms with van der Waals surface area (Å²) in [6.07, 6.45) is -0.597. The molecule has 0 saturated heterocycles. The molecular weight excluding hydrogens is 372 g/mol. The Balaban J connectivity index is 1.95. The number of rotatable bonds is 6. The maximum Gasteiger partial charge on any atom is 0.265 e. The van der Waals surface area contributed by atoms with Gasteiger partial charge in [0, 0.05) is 6.20 Å². The third-order valence-corrected chi connectivity index (χ3v) is 3.61. The molecule has 1 aromatic carbocycles. The highest BCUT2D eigenvalue weighted by Crippen LogP contribution is 2.26. The first-order chi connectivity index (χ1) is 10.8. The average Bonchev–Trinajstić information content (AvgIpc) is 2.88. The van der Waals surface area contributed by atoms with Crippen molar-refractivity contribution in [1.29, 1.82) is 0 Å².